The molecule has 0 spiro atoms. The Morgan fingerprint density at radius 1 is 0.964 bits per heavy atom. The van der Waals surface area contributed by atoms with Crippen molar-refractivity contribution in [3.63, 3.8) is 0 Å². The molecule has 2 aliphatic rings. The van der Waals surface area contributed by atoms with Crippen LogP contribution >= 0.6 is 0 Å². The summed E-state index contributed by atoms with van der Waals surface area (Å²) >= 11 is 0. The molecule has 0 aromatic heterocycles. The Hall–Kier alpha value is -1.37. The van der Waals surface area contributed by atoms with Gasteiger partial charge in [0.1, 0.15) is 0 Å². The van der Waals surface area contributed by atoms with Gasteiger partial charge in [-0.15, -0.1) is 0 Å². The van der Waals surface area contributed by atoms with E-state index >= 15 is 0 Å². The van der Waals surface area contributed by atoms with E-state index in [0.717, 1.165) is 38.2 Å². The van der Waals surface area contributed by atoms with Gasteiger partial charge in [0, 0.05) is 39.6 Å². The van der Waals surface area contributed by atoms with Gasteiger partial charge in [-0.25, -0.2) is 0 Å². The quantitative estimate of drug-likeness (QED) is 0.743. The van der Waals surface area contributed by atoms with Crippen LogP contribution in [0.4, 0.5) is 0 Å². The molecule has 0 saturated carbocycles. The highest BCUT2D eigenvalue weighted by Gasteiger charge is 2.51. The number of carbonyl (C=O) groups excluding carboxylic acids is 1. The second kappa shape index (κ2) is 9.90. The highest BCUT2D eigenvalue weighted by Crippen LogP contribution is 2.36. The second-order valence-corrected chi connectivity index (χ2v) is 8.11. The first-order valence-corrected chi connectivity index (χ1v) is 10.1. The molecule has 1 amide bonds. The highest BCUT2D eigenvalue weighted by atomic mass is 16.7. The number of carbonyl (C=O) groups is 1. The number of rotatable bonds is 3. The summed E-state index contributed by atoms with van der Waals surface area (Å²) in [7, 11) is -0.307. The topological polar surface area (TPSA) is 42.0 Å². The molecule has 0 aliphatic carbocycles. The van der Waals surface area contributed by atoms with Gasteiger partial charge in [0.15, 0.2) is 0 Å². The van der Waals surface area contributed by atoms with Crippen molar-refractivity contribution in [2.24, 2.45) is 0 Å². The largest absolute Gasteiger partial charge is 0.494 e. The third-order valence-corrected chi connectivity index (χ3v) is 5.73. The van der Waals surface area contributed by atoms with E-state index in [4.69, 9.17) is 9.31 Å². The van der Waals surface area contributed by atoms with Crippen LogP contribution in [-0.2, 0) is 20.6 Å². The molecule has 28 heavy (non-hydrogen) atoms. The van der Waals surface area contributed by atoms with Crippen LogP contribution in [0, 0.1) is 0 Å². The third kappa shape index (κ3) is 5.59. The van der Waals surface area contributed by atoms with Gasteiger partial charge < -0.3 is 14.2 Å². The number of amides is 1. The SMILES string of the molecule is C.CC.CC(=O)N1CCN(Cc2ccc(B3OC(C)(C)C(C)(C)O3)cc2)CC1. The van der Waals surface area contributed by atoms with Gasteiger partial charge in [0.05, 0.1) is 11.2 Å². The molecule has 2 fully saturated rings. The van der Waals surface area contributed by atoms with E-state index in [1.165, 1.54) is 5.56 Å². The summed E-state index contributed by atoms with van der Waals surface area (Å²) in [5, 5.41) is 0. The fourth-order valence-corrected chi connectivity index (χ4v) is 3.24. The number of nitrogens with zero attached hydrogens (tertiary/aromatic N) is 2. The zero-order chi connectivity index (χ0) is 20.2. The first kappa shape index (κ1) is 24.7. The van der Waals surface area contributed by atoms with Crippen LogP contribution in [-0.4, -0.2) is 60.2 Å². The van der Waals surface area contributed by atoms with E-state index < -0.39 is 0 Å². The molecule has 1 aromatic rings. The Labute approximate surface area is 172 Å². The third-order valence-electron chi connectivity index (χ3n) is 5.73. The summed E-state index contributed by atoms with van der Waals surface area (Å²) in [6.07, 6.45) is 0. The molecule has 0 unspecified atom stereocenters. The zero-order valence-electron chi connectivity index (χ0n) is 18.0. The lowest BCUT2D eigenvalue weighted by Gasteiger charge is -2.34. The van der Waals surface area contributed by atoms with Crippen molar-refractivity contribution in [1.29, 1.82) is 0 Å². The minimum absolute atomic E-state index is 0. The standard InChI is InChI=1S/C19H29BN2O3.C2H6.CH4/c1-15(23)22-12-10-21(11-13-22)14-16-6-8-17(9-7-16)20-24-18(2,3)19(4,5)25-20;1-2;/h6-9H,10-14H2,1-5H3;1-2H3;1H4. The van der Waals surface area contributed by atoms with Gasteiger partial charge >= 0.3 is 7.12 Å². The van der Waals surface area contributed by atoms with Crippen molar-refractivity contribution in [2.75, 3.05) is 26.2 Å². The van der Waals surface area contributed by atoms with E-state index in [9.17, 15) is 4.79 Å². The monoisotopic (exact) mass is 390 g/mol. The van der Waals surface area contributed by atoms with Crippen molar-refractivity contribution in [1.82, 2.24) is 9.80 Å². The summed E-state index contributed by atoms with van der Waals surface area (Å²) in [6.45, 7) is 18.3. The summed E-state index contributed by atoms with van der Waals surface area (Å²) in [5.41, 5.74) is 1.71. The Balaban J connectivity index is 0.00000127. The van der Waals surface area contributed by atoms with Crippen LogP contribution in [0.1, 0.15) is 61.5 Å². The molecule has 0 bridgehead atoms. The smallest absolute Gasteiger partial charge is 0.399 e. The van der Waals surface area contributed by atoms with Crippen molar-refractivity contribution < 1.29 is 14.1 Å². The molecule has 0 N–H and O–H groups in total. The summed E-state index contributed by atoms with van der Waals surface area (Å²) < 4.78 is 12.2. The van der Waals surface area contributed by atoms with Crippen molar-refractivity contribution >= 4 is 18.5 Å². The second-order valence-electron chi connectivity index (χ2n) is 8.11. The van der Waals surface area contributed by atoms with Crippen LogP contribution in [0.15, 0.2) is 24.3 Å². The maximum Gasteiger partial charge on any atom is 0.494 e. The zero-order valence-corrected chi connectivity index (χ0v) is 18.0. The fraction of sp³-hybridized carbons (Fsp3) is 0.682. The minimum atomic E-state index is -0.313. The molecule has 6 heteroatoms. The molecule has 5 nitrogen and oxygen atoms in total. The average Bonchev–Trinajstić information content (AvgIpc) is 2.85. The maximum atomic E-state index is 11.4. The lowest BCUT2D eigenvalue weighted by Crippen LogP contribution is -2.47. The average molecular weight is 390 g/mol. The Morgan fingerprint density at radius 3 is 1.86 bits per heavy atom. The normalized spacial score (nSPS) is 20.8. The van der Waals surface area contributed by atoms with Crippen LogP contribution in [0.2, 0.25) is 0 Å². The van der Waals surface area contributed by atoms with Crippen molar-refractivity contribution in [3.8, 4) is 0 Å². The van der Waals surface area contributed by atoms with Gasteiger partial charge in [0.2, 0.25) is 5.91 Å². The number of hydrogen-bond donors (Lipinski definition) is 0. The van der Waals surface area contributed by atoms with E-state index in [1.807, 2.05) is 18.7 Å². The molecule has 2 aliphatic heterocycles. The Morgan fingerprint density at radius 2 is 1.43 bits per heavy atom. The number of benzene rings is 1. The molecule has 0 atom stereocenters. The Kier molecular flexibility index (Phi) is 8.73. The van der Waals surface area contributed by atoms with Gasteiger partial charge in [-0.2, -0.15) is 0 Å². The molecular formula is C22H39BN2O3. The van der Waals surface area contributed by atoms with E-state index in [1.54, 1.807) is 6.92 Å². The fourth-order valence-electron chi connectivity index (χ4n) is 3.24. The van der Waals surface area contributed by atoms with Gasteiger partial charge in [-0.3, -0.25) is 9.69 Å². The lowest BCUT2D eigenvalue weighted by atomic mass is 9.79. The summed E-state index contributed by atoms with van der Waals surface area (Å²) in [4.78, 5) is 15.7. The van der Waals surface area contributed by atoms with Crippen LogP contribution in [0.5, 0.6) is 0 Å². The number of piperazine rings is 1. The van der Waals surface area contributed by atoms with Gasteiger partial charge in [-0.05, 0) is 38.7 Å². The van der Waals surface area contributed by atoms with Crippen LogP contribution in [0.3, 0.4) is 0 Å². The minimum Gasteiger partial charge on any atom is -0.399 e. The molecule has 2 heterocycles. The lowest BCUT2D eigenvalue weighted by molar-refractivity contribution is -0.130. The molecular weight excluding hydrogens is 351 g/mol. The van der Waals surface area contributed by atoms with E-state index in [0.29, 0.717) is 0 Å². The first-order valence-electron chi connectivity index (χ1n) is 10.1. The molecule has 158 valence electrons. The Bertz CT molecular complexity index is 607. The predicted octanol–water partition coefficient (Wildman–Crippen LogP) is 3.31. The first-order chi connectivity index (χ1) is 12.7. The summed E-state index contributed by atoms with van der Waals surface area (Å²) in [6, 6.07) is 8.50. The van der Waals surface area contributed by atoms with E-state index in [-0.39, 0.29) is 31.7 Å². The van der Waals surface area contributed by atoms with E-state index in [2.05, 4.69) is 56.9 Å². The molecule has 3 rings (SSSR count). The highest BCUT2D eigenvalue weighted by molar-refractivity contribution is 6.62. The maximum absolute atomic E-state index is 11.4. The molecule has 2 saturated heterocycles. The predicted molar refractivity (Wildman–Crippen MR) is 118 cm³/mol. The molecule has 0 radical (unpaired) electrons. The van der Waals surface area contributed by atoms with Crippen LogP contribution in [0.25, 0.3) is 0 Å². The molecule has 1 aromatic carbocycles. The summed E-state index contributed by atoms with van der Waals surface area (Å²) in [5.74, 6) is 0.173. The van der Waals surface area contributed by atoms with Crippen LogP contribution < -0.4 is 5.46 Å². The van der Waals surface area contributed by atoms with Crippen molar-refractivity contribution in [3.05, 3.63) is 29.8 Å². The van der Waals surface area contributed by atoms with Gasteiger partial charge in [-0.1, -0.05) is 45.5 Å². The number of hydrogen-bond acceptors (Lipinski definition) is 4. The van der Waals surface area contributed by atoms with Crippen molar-refractivity contribution in [2.45, 2.75) is 73.6 Å². The van der Waals surface area contributed by atoms with Gasteiger partial charge in [0.25, 0.3) is 0 Å².